The molecule has 7 aromatic rings. The summed E-state index contributed by atoms with van der Waals surface area (Å²) in [6.45, 7) is 17.9. The van der Waals surface area contributed by atoms with E-state index < -0.39 is 0 Å². The maximum atomic E-state index is 6.80. The van der Waals surface area contributed by atoms with Crippen LogP contribution in [0, 0.1) is 19.8 Å². The van der Waals surface area contributed by atoms with E-state index in [1.54, 1.807) is 0 Å². The van der Waals surface area contributed by atoms with Crippen molar-refractivity contribution in [2.24, 2.45) is 5.92 Å². The molecule has 0 saturated carbocycles. The Morgan fingerprint density at radius 1 is 0.647 bits per heavy atom. The molecule has 2 aromatic heterocycles. The van der Waals surface area contributed by atoms with Crippen molar-refractivity contribution in [2.45, 2.75) is 87.0 Å². The summed E-state index contributed by atoms with van der Waals surface area (Å²) >= 11 is 0. The van der Waals surface area contributed by atoms with Crippen LogP contribution in [0.1, 0.15) is 87.5 Å². The third kappa shape index (κ3) is 6.60. The van der Waals surface area contributed by atoms with Gasteiger partial charge in [-0.15, -0.1) is 0 Å². The molecule has 0 aliphatic carbocycles. The average molecular weight is 674 g/mol. The van der Waals surface area contributed by atoms with E-state index in [4.69, 9.17) is 9.84 Å². The molecule has 7 rings (SSSR count). The molecule has 0 spiro atoms. The number of nitrogens with zero attached hydrogens (tertiary/aromatic N) is 3. The zero-order chi connectivity index (χ0) is 35.8. The van der Waals surface area contributed by atoms with E-state index >= 15 is 0 Å². The monoisotopic (exact) mass is 673 g/mol. The summed E-state index contributed by atoms with van der Waals surface area (Å²) in [5.41, 5.74) is 14.6. The molecular weight excluding hydrogens is 623 g/mol. The highest BCUT2D eigenvalue weighted by Crippen LogP contribution is 2.38. The molecule has 51 heavy (non-hydrogen) atoms. The molecule has 0 bridgehead atoms. The van der Waals surface area contributed by atoms with Gasteiger partial charge in [-0.3, -0.25) is 0 Å². The van der Waals surface area contributed by atoms with Crippen molar-refractivity contribution in [3.05, 3.63) is 137 Å². The second kappa shape index (κ2) is 14.3. The quantitative estimate of drug-likeness (QED) is 0.137. The number of aromatic nitrogens is 3. The zero-order valence-electron chi connectivity index (χ0n) is 31.5. The maximum Gasteiger partial charge on any atom is 0.129 e. The van der Waals surface area contributed by atoms with E-state index in [1.807, 2.05) is 0 Å². The number of benzene rings is 5. The fourth-order valence-corrected chi connectivity index (χ4v) is 7.67. The highest BCUT2D eigenvalue weighted by molar-refractivity contribution is 6.09. The van der Waals surface area contributed by atoms with E-state index in [-0.39, 0.29) is 0 Å². The van der Waals surface area contributed by atoms with Crippen LogP contribution in [-0.4, -0.2) is 14.3 Å². The van der Waals surface area contributed by atoms with Crippen LogP contribution in [0.4, 0.5) is 0 Å². The Hall–Kier alpha value is -5.09. The van der Waals surface area contributed by atoms with Crippen molar-refractivity contribution in [2.75, 3.05) is 0 Å². The highest BCUT2D eigenvalue weighted by atomic mass is 16.5. The van der Waals surface area contributed by atoms with Gasteiger partial charge in [0.2, 0.25) is 0 Å². The Kier molecular flexibility index (Phi) is 9.61. The van der Waals surface area contributed by atoms with Crippen LogP contribution in [0.25, 0.3) is 44.3 Å². The number of hydrogen-bond donors (Lipinski definition) is 0. The SMILES string of the molecule is CCc1cccc(CC)c1-c1c(C)nn(-c2cc(Oc3ccc4c5ccccc5n(-c5cccc(CCC(C)C)c5)c4c3)cc(C(C)C)c2)c1C. The second-order valence-electron chi connectivity index (χ2n) is 14.8. The summed E-state index contributed by atoms with van der Waals surface area (Å²) in [5, 5.41) is 7.62. The van der Waals surface area contributed by atoms with Crippen molar-refractivity contribution in [1.29, 1.82) is 0 Å². The van der Waals surface area contributed by atoms with Gasteiger partial charge < -0.3 is 9.30 Å². The number of ether oxygens (including phenoxy) is 1. The number of fused-ring (bicyclic) bond motifs is 3. The van der Waals surface area contributed by atoms with E-state index in [0.717, 1.165) is 53.4 Å². The molecule has 260 valence electrons. The van der Waals surface area contributed by atoms with Crippen LogP contribution in [0.15, 0.2) is 103 Å². The van der Waals surface area contributed by atoms with Crippen molar-refractivity contribution >= 4 is 21.8 Å². The van der Waals surface area contributed by atoms with E-state index in [2.05, 4.69) is 168 Å². The molecule has 0 amide bonds. The van der Waals surface area contributed by atoms with Crippen LogP contribution < -0.4 is 4.74 Å². The van der Waals surface area contributed by atoms with Crippen molar-refractivity contribution < 1.29 is 4.74 Å². The average Bonchev–Trinajstić information content (AvgIpc) is 3.62. The van der Waals surface area contributed by atoms with E-state index in [1.165, 1.54) is 61.8 Å². The Bertz CT molecular complexity index is 2330. The minimum atomic E-state index is 0.323. The lowest BCUT2D eigenvalue weighted by Gasteiger charge is -2.16. The first-order valence-electron chi connectivity index (χ1n) is 18.8. The third-order valence-electron chi connectivity index (χ3n) is 10.4. The Morgan fingerprint density at radius 2 is 1.37 bits per heavy atom. The van der Waals surface area contributed by atoms with E-state index in [0.29, 0.717) is 11.8 Å². The van der Waals surface area contributed by atoms with Crippen LogP contribution in [0.2, 0.25) is 0 Å². The number of rotatable bonds is 11. The van der Waals surface area contributed by atoms with Gasteiger partial charge in [0.05, 0.1) is 22.4 Å². The van der Waals surface area contributed by atoms with Gasteiger partial charge in [0, 0.05) is 39.8 Å². The minimum Gasteiger partial charge on any atom is -0.457 e. The lowest BCUT2D eigenvalue weighted by Crippen LogP contribution is -2.02. The predicted octanol–water partition coefficient (Wildman–Crippen LogP) is 12.9. The highest BCUT2D eigenvalue weighted by Gasteiger charge is 2.21. The number of hydrogen-bond acceptors (Lipinski definition) is 2. The molecule has 0 unspecified atom stereocenters. The first-order chi connectivity index (χ1) is 24.7. The zero-order valence-corrected chi connectivity index (χ0v) is 31.5. The molecule has 0 aliphatic rings. The summed E-state index contributed by atoms with van der Waals surface area (Å²) in [7, 11) is 0. The van der Waals surface area contributed by atoms with Gasteiger partial charge in [-0.05, 0) is 122 Å². The number of aryl methyl sites for hydroxylation is 4. The van der Waals surface area contributed by atoms with Crippen molar-refractivity contribution in [3.8, 4) is 34.0 Å². The summed E-state index contributed by atoms with van der Waals surface area (Å²) in [5.74, 6) is 2.62. The fraction of sp³-hybridized carbons (Fsp3) is 0.298. The normalized spacial score (nSPS) is 11.8. The van der Waals surface area contributed by atoms with Gasteiger partial charge in [0.25, 0.3) is 0 Å². The fourth-order valence-electron chi connectivity index (χ4n) is 7.67. The van der Waals surface area contributed by atoms with Crippen LogP contribution >= 0.6 is 0 Å². The molecule has 4 heteroatoms. The molecule has 0 radical (unpaired) electrons. The van der Waals surface area contributed by atoms with Crippen LogP contribution in [-0.2, 0) is 19.3 Å². The summed E-state index contributed by atoms with van der Waals surface area (Å²) in [4.78, 5) is 0. The Labute approximate surface area is 303 Å². The standard InChI is InChI=1S/C47H51N3O/c1-9-35-16-14-17-36(10-2)47(35)46-32(7)48-50(33(46)8)39-26-37(31(5)6)27-41(28-39)51-40-23-24-43-42-19-11-12-20-44(42)49(45(43)29-40)38-18-13-15-34(25-38)22-21-30(3)4/h11-20,23-31H,9-10,21-22H2,1-8H3. The van der Waals surface area contributed by atoms with E-state index in [9.17, 15) is 0 Å². The van der Waals surface area contributed by atoms with Crippen LogP contribution in [0.3, 0.4) is 0 Å². The lowest BCUT2D eigenvalue weighted by atomic mass is 9.91. The first kappa shape index (κ1) is 34.4. The Morgan fingerprint density at radius 3 is 2.10 bits per heavy atom. The predicted molar refractivity (Wildman–Crippen MR) is 215 cm³/mol. The van der Waals surface area contributed by atoms with Gasteiger partial charge in [-0.2, -0.15) is 5.10 Å². The molecule has 0 aliphatic heterocycles. The van der Waals surface area contributed by atoms with Crippen molar-refractivity contribution in [3.63, 3.8) is 0 Å². The molecule has 0 atom stereocenters. The topological polar surface area (TPSA) is 32.0 Å². The summed E-state index contributed by atoms with van der Waals surface area (Å²) in [6, 6.07) is 37.5. The molecule has 4 nitrogen and oxygen atoms in total. The van der Waals surface area contributed by atoms with Gasteiger partial charge in [-0.25, -0.2) is 4.68 Å². The minimum absolute atomic E-state index is 0.323. The molecule has 5 aromatic carbocycles. The third-order valence-corrected chi connectivity index (χ3v) is 10.4. The molecule has 0 fully saturated rings. The summed E-state index contributed by atoms with van der Waals surface area (Å²) in [6.07, 6.45) is 4.23. The molecule has 0 saturated heterocycles. The molecule has 2 heterocycles. The lowest BCUT2D eigenvalue weighted by molar-refractivity contribution is 0.481. The maximum absolute atomic E-state index is 6.80. The van der Waals surface area contributed by atoms with Gasteiger partial charge in [0.1, 0.15) is 11.5 Å². The van der Waals surface area contributed by atoms with Gasteiger partial charge in [0.15, 0.2) is 0 Å². The van der Waals surface area contributed by atoms with Crippen LogP contribution in [0.5, 0.6) is 11.5 Å². The second-order valence-corrected chi connectivity index (χ2v) is 14.8. The van der Waals surface area contributed by atoms with Gasteiger partial charge >= 0.3 is 0 Å². The van der Waals surface area contributed by atoms with Gasteiger partial charge in [-0.1, -0.05) is 90.1 Å². The Balaban J connectivity index is 1.32. The molecular formula is C47H51N3O. The largest absolute Gasteiger partial charge is 0.457 e. The molecule has 0 N–H and O–H groups in total. The smallest absolute Gasteiger partial charge is 0.129 e. The summed E-state index contributed by atoms with van der Waals surface area (Å²) < 4.78 is 11.3. The van der Waals surface area contributed by atoms with Crippen molar-refractivity contribution in [1.82, 2.24) is 14.3 Å². The first-order valence-corrected chi connectivity index (χ1v) is 18.8. The number of para-hydroxylation sites is 1.